The van der Waals surface area contributed by atoms with Crippen molar-refractivity contribution in [3.05, 3.63) is 29.3 Å². The SMILES string of the molecule is CC(=O)Oc1ccc2c(c1)CCC1C2CC[C@]2(C)C(OC(C)=O)C(C)C(C)C12. The van der Waals surface area contributed by atoms with E-state index in [2.05, 4.69) is 32.9 Å². The van der Waals surface area contributed by atoms with Crippen LogP contribution in [0.3, 0.4) is 0 Å². The minimum atomic E-state index is -0.271. The molecular formula is C24H32O4. The van der Waals surface area contributed by atoms with Crippen molar-refractivity contribution in [2.45, 2.75) is 72.3 Å². The molecule has 4 heteroatoms. The number of ether oxygens (including phenoxy) is 2. The summed E-state index contributed by atoms with van der Waals surface area (Å²) in [6.07, 6.45) is 4.44. The third kappa shape index (κ3) is 2.96. The van der Waals surface area contributed by atoms with Crippen LogP contribution in [0.5, 0.6) is 5.75 Å². The Hall–Kier alpha value is -1.84. The van der Waals surface area contributed by atoms with Crippen molar-refractivity contribution in [2.75, 3.05) is 0 Å². The van der Waals surface area contributed by atoms with Gasteiger partial charge in [-0.2, -0.15) is 0 Å². The van der Waals surface area contributed by atoms with E-state index in [1.165, 1.54) is 25.0 Å². The zero-order chi connectivity index (χ0) is 20.2. The van der Waals surface area contributed by atoms with E-state index in [-0.39, 0.29) is 23.5 Å². The number of esters is 2. The summed E-state index contributed by atoms with van der Waals surface area (Å²) in [5.74, 6) is 2.93. The number of aryl methyl sites for hydroxylation is 1. The van der Waals surface area contributed by atoms with Crippen molar-refractivity contribution in [3.63, 3.8) is 0 Å². The Balaban J connectivity index is 1.65. The molecular weight excluding hydrogens is 352 g/mol. The first-order valence-electron chi connectivity index (χ1n) is 10.7. The van der Waals surface area contributed by atoms with Crippen LogP contribution in [0.2, 0.25) is 0 Å². The van der Waals surface area contributed by atoms with Crippen LogP contribution in [0.15, 0.2) is 18.2 Å². The third-order valence-electron chi connectivity index (χ3n) is 8.07. The molecule has 152 valence electrons. The Morgan fingerprint density at radius 2 is 1.82 bits per heavy atom. The van der Waals surface area contributed by atoms with Crippen LogP contribution in [0.1, 0.15) is 70.9 Å². The first-order chi connectivity index (χ1) is 13.2. The molecule has 4 nitrogen and oxygen atoms in total. The van der Waals surface area contributed by atoms with Crippen molar-refractivity contribution in [1.82, 2.24) is 0 Å². The highest BCUT2D eigenvalue weighted by atomic mass is 16.5. The summed E-state index contributed by atoms with van der Waals surface area (Å²) in [4.78, 5) is 23.1. The smallest absolute Gasteiger partial charge is 0.308 e. The van der Waals surface area contributed by atoms with Crippen LogP contribution in [0.4, 0.5) is 0 Å². The zero-order valence-electron chi connectivity index (χ0n) is 17.7. The fourth-order valence-electron chi connectivity index (χ4n) is 7.01. The normalized spacial score (nSPS) is 38.8. The second-order valence-corrected chi connectivity index (χ2v) is 9.58. The maximum Gasteiger partial charge on any atom is 0.308 e. The van der Waals surface area contributed by atoms with Crippen molar-refractivity contribution in [3.8, 4) is 5.75 Å². The molecule has 3 aliphatic carbocycles. The van der Waals surface area contributed by atoms with Crippen LogP contribution in [-0.2, 0) is 20.7 Å². The van der Waals surface area contributed by atoms with Gasteiger partial charge in [-0.1, -0.05) is 26.8 Å². The molecule has 2 saturated carbocycles. The number of benzene rings is 1. The number of fused-ring (bicyclic) bond motifs is 5. The summed E-state index contributed by atoms with van der Waals surface area (Å²) in [5.41, 5.74) is 2.84. The van der Waals surface area contributed by atoms with Gasteiger partial charge in [0.05, 0.1) is 0 Å². The quantitative estimate of drug-likeness (QED) is 0.538. The van der Waals surface area contributed by atoms with Crippen LogP contribution in [0, 0.1) is 29.1 Å². The lowest BCUT2D eigenvalue weighted by Gasteiger charge is -2.51. The van der Waals surface area contributed by atoms with Gasteiger partial charge < -0.3 is 9.47 Å². The van der Waals surface area contributed by atoms with Crippen LogP contribution in [0.25, 0.3) is 0 Å². The Morgan fingerprint density at radius 1 is 1.07 bits per heavy atom. The lowest BCUT2D eigenvalue weighted by Crippen LogP contribution is -2.46. The van der Waals surface area contributed by atoms with E-state index >= 15 is 0 Å². The molecule has 0 aromatic heterocycles. The second kappa shape index (κ2) is 6.89. The molecule has 0 N–H and O–H groups in total. The Labute approximate surface area is 168 Å². The van der Waals surface area contributed by atoms with Crippen molar-refractivity contribution < 1.29 is 19.1 Å². The van der Waals surface area contributed by atoms with Gasteiger partial charge in [-0.3, -0.25) is 9.59 Å². The molecule has 0 bridgehead atoms. The van der Waals surface area contributed by atoms with E-state index in [1.807, 2.05) is 6.07 Å². The monoisotopic (exact) mass is 384 g/mol. The number of hydrogen-bond donors (Lipinski definition) is 0. The lowest BCUT2D eigenvalue weighted by atomic mass is 9.54. The molecule has 6 unspecified atom stereocenters. The van der Waals surface area contributed by atoms with E-state index < -0.39 is 0 Å². The first-order valence-corrected chi connectivity index (χ1v) is 10.7. The fourth-order valence-corrected chi connectivity index (χ4v) is 7.01. The molecule has 3 aliphatic rings. The van der Waals surface area contributed by atoms with E-state index in [0.29, 0.717) is 35.3 Å². The van der Waals surface area contributed by atoms with Gasteiger partial charge >= 0.3 is 11.9 Å². The summed E-state index contributed by atoms with van der Waals surface area (Å²) in [7, 11) is 0. The molecule has 0 saturated heterocycles. The molecule has 2 fully saturated rings. The van der Waals surface area contributed by atoms with E-state index in [0.717, 1.165) is 25.7 Å². The summed E-state index contributed by atoms with van der Waals surface area (Å²) in [6, 6.07) is 6.18. The van der Waals surface area contributed by atoms with E-state index in [9.17, 15) is 9.59 Å². The standard InChI is InChI=1S/C24H32O4/c1-13-14(2)23(28-16(4)26)24(5)11-10-20-19-9-7-18(27-15(3)25)12-17(19)6-8-21(20)22(13)24/h7,9,12-14,20-23H,6,8,10-11H2,1-5H3/t13?,14?,20?,21?,22?,23?,24-/m0/s1. The Kier molecular flexibility index (Phi) is 4.79. The number of hydrogen-bond acceptors (Lipinski definition) is 4. The summed E-state index contributed by atoms with van der Waals surface area (Å²) in [6.45, 7) is 9.97. The van der Waals surface area contributed by atoms with Gasteiger partial charge in [-0.25, -0.2) is 0 Å². The Bertz CT molecular complexity index is 800. The van der Waals surface area contributed by atoms with Crippen molar-refractivity contribution >= 4 is 11.9 Å². The van der Waals surface area contributed by atoms with Crippen molar-refractivity contribution in [1.29, 1.82) is 0 Å². The van der Waals surface area contributed by atoms with Gasteiger partial charge in [0.2, 0.25) is 0 Å². The number of rotatable bonds is 2. The Morgan fingerprint density at radius 3 is 2.50 bits per heavy atom. The number of carbonyl (C=O) groups is 2. The predicted molar refractivity (Wildman–Crippen MR) is 107 cm³/mol. The van der Waals surface area contributed by atoms with Gasteiger partial charge in [-0.05, 0) is 78.5 Å². The second-order valence-electron chi connectivity index (χ2n) is 9.58. The topological polar surface area (TPSA) is 52.6 Å². The average molecular weight is 385 g/mol. The van der Waals surface area contributed by atoms with Gasteiger partial charge in [0.25, 0.3) is 0 Å². The molecule has 0 spiro atoms. The van der Waals surface area contributed by atoms with Crippen LogP contribution >= 0.6 is 0 Å². The molecule has 0 radical (unpaired) electrons. The van der Waals surface area contributed by atoms with Crippen LogP contribution in [-0.4, -0.2) is 18.0 Å². The minimum Gasteiger partial charge on any atom is -0.462 e. The minimum absolute atomic E-state index is 0.0266. The van der Waals surface area contributed by atoms with Gasteiger partial charge in [0.1, 0.15) is 11.9 Å². The van der Waals surface area contributed by atoms with E-state index in [4.69, 9.17) is 9.47 Å². The van der Waals surface area contributed by atoms with Crippen molar-refractivity contribution in [2.24, 2.45) is 29.1 Å². The summed E-state index contributed by atoms with van der Waals surface area (Å²) >= 11 is 0. The molecule has 0 aliphatic heterocycles. The van der Waals surface area contributed by atoms with Gasteiger partial charge in [-0.15, -0.1) is 0 Å². The average Bonchev–Trinajstić information content (AvgIpc) is 2.81. The highest BCUT2D eigenvalue weighted by molar-refractivity contribution is 5.69. The highest BCUT2D eigenvalue weighted by Crippen LogP contribution is 2.64. The largest absolute Gasteiger partial charge is 0.462 e. The fraction of sp³-hybridized carbons (Fsp3) is 0.667. The molecule has 0 heterocycles. The summed E-state index contributed by atoms with van der Waals surface area (Å²) < 4.78 is 11.2. The third-order valence-corrected chi connectivity index (χ3v) is 8.07. The molecule has 1 aromatic rings. The van der Waals surface area contributed by atoms with Crippen LogP contribution < -0.4 is 4.74 Å². The molecule has 7 atom stereocenters. The van der Waals surface area contributed by atoms with Gasteiger partial charge in [0.15, 0.2) is 0 Å². The summed E-state index contributed by atoms with van der Waals surface area (Å²) in [5, 5.41) is 0. The molecule has 0 amide bonds. The molecule has 4 rings (SSSR count). The predicted octanol–water partition coefficient (Wildman–Crippen LogP) is 4.89. The number of carbonyl (C=O) groups excluding carboxylic acids is 2. The molecule has 1 aromatic carbocycles. The van der Waals surface area contributed by atoms with Gasteiger partial charge in [0, 0.05) is 19.3 Å². The maximum atomic E-state index is 11.8. The van der Waals surface area contributed by atoms with E-state index in [1.54, 1.807) is 0 Å². The zero-order valence-corrected chi connectivity index (χ0v) is 17.7. The lowest BCUT2D eigenvalue weighted by molar-refractivity contribution is -0.157. The highest BCUT2D eigenvalue weighted by Gasteiger charge is 2.61. The first kappa shape index (κ1) is 19.5. The molecule has 28 heavy (non-hydrogen) atoms. The maximum absolute atomic E-state index is 11.8.